The Kier molecular flexibility index (Phi) is 8.93. The van der Waals surface area contributed by atoms with Crippen molar-refractivity contribution in [3.63, 3.8) is 0 Å². The van der Waals surface area contributed by atoms with Crippen LogP contribution in [0.3, 0.4) is 0 Å². The molecule has 3 nitrogen and oxygen atoms in total. The van der Waals surface area contributed by atoms with Crippen LogP contribution in [-0.2, 0) is 0 Å². The van der Waals surface area contributed by atoms with Crippen LogP contribution in [0.2, 0.25) is 0 Å². The Hall–Kier alpha value is -6.32. The summed E-state index contributed by atoms with van der Waals surface area (Å²) in [5.41, 5.74) is 17.9. The van der Waals surface area contributed by atoms with E-state index in [9.17, 15) is 0 Å². The Morgan fingerprint density at radius 1 is 0.608 bits per heavy atom. The number of hydrogen-bond donors (Lipinski definition) is 1. The van der Waals surface area contributed by atoms with E-state index in [1.54, 1.807) is 0 Å². The van der Waals surface area contributed by atoms with E-state index in [1.165, 1.54) is 43.8 Å². The summed E-state index contributed by atoms with van der Waals surface area (Å²) in [6.45, 7) is 3.07. The quantitative estimate of drug-likeness (QED) is 0.128. The minimum absolute atomic E-state index is 0.0970. The maximum Gasteiger partial charge on any atom is 0.131 e. The van der Waals surface area contributed by atoms with E-state index in [1.807, 2.05) is 6.21 Å². The summed E-state index contributed by atoms with van der Waals surface area (Å²) in [7, 11) is 0. The highest BCUT2D eigenvalue weighted by molar-refractivity contribution is 6.10. The molecule has 0 bridgehead atoms. The number of benzene rings is 7. The summed E-state index contributed by atoms with van der Waals surface area (Å²) in [4.78, 5) is 9.57. The second-order valence-electron chi connectivity index (χ2n) is 13.2. The monoisotopic (exact) mass is 657 g/mol. The van der Waals surface area contributed by atoms with Crippen LogP contribution in [0.15, 0.2) is 180 Å². The predicted molar refractivity (Wildman–Crippen MR) is 218 cm³/mol. The van der Waals surface area contributed by atoms with Gasteiger partial charge in [-0.25, -0.2) is 4.99 Å². The largest absolute Gasteiger partial charge is 0.383 e. The van der Waals surface area contributed by atoms with Crippen LogP contribution in [-0.4, -0.2) is 18.6 Å². The molecule has 3 heteroatoms. The molecule has 7 aromatic carbocycles. The fourth-order valence-electron chi connectivity index (χ4n) is 7.00. The predicted octanol–water partition coefficient (Wildman–Crippen LogP) is 11.7. The lowest BCUT2D eigenvalue weighted by Crippen LogP contribution is -2.13. The highest BCUT2D eigenvalue weighted by Gasteiger charge is 2.12. The molecule has 0 aliphatic carbocycles. The minimum atomic E-state index is 0.0970. The van der Waals surface area contributed by atoms with Crippen molar-refractivity contribution in [3.05, 3.63) is 192 Å². The number of allylic oxidation sites excluding steroid dienone is 2. The van der Waals surface area contributed by atoms with Crippen LogP contribution < -0.4 is 5.73 Å². The zero-order valence-electron chi connectivity index (χ0n) is 28.7. The van der Waals surface area contributed by atoms with E-state index >= 15 is 0 Å². The number of rotatable bonds is 8. The van der Waals surface area contributed by atoms with Crippen molar-refractivity contribution in [2.24, 2.45) is 15.7 Å². The Morgan fingerprint density at radius 3 is 1.73 bits per heavy atom. The Morgan fingerprint density at radius 2 is 1.14 bits per heavy atom. The maximum absolute atomic E-state index is 6.79. The first kappa shape index (κ1) is 31.9. The van der Waals surface area contributed by atoms with E-state index in [0.717, 1.165) is 46.5 Å². The van der Waals surface area contributed by atoms with Gasteiger partial charge in [0.05, 0.1) is 5.70 Å². The van der Waals surface area contributed by atoms with E-state index in [0.29, 0.717) is 5.84 Å². The molecule has 1 heterocycles. The van der Waals surface area contributed by atoms with Gasteiger partial charge < -0.3 is 5.73 Å². The van der Waals surface area contributed by atoms with Gasteiger partial charge in [0.15, 0.2) is 0 Å². The number of nitrogens with zero attached hydrogens (tertiary/aromatic N) is 2. The van der Waals surface area contributed by atoms with Crippen molar-refractivity contribution in [3.8, 4) is 22.3 Å². The van der Waals surface area contributed by atoms with Gasteiger partial charge in [-0.05, 0) is 72.5 Å². The van der Waals surface area contributed by atoms with Crippen molar-refractivity contribution in [2.45, 2.75) is 19.3 Å². The van der Waals surface area contributed by atoms with Crippen LogP contribution in [0.25, 0.3) is 55.1 Å². The van der Waals surface area contributed by atoms with E-state index in [-0.39, 0.29) is 5.92 Å². The molecule has 0 fully saturated rings. The van der Waals surface area contributed by atoms with Gasteiger partial charge in [-0.3, -0.25) is 4.99 Å². The summed E-state index contributed by atoms with van der Waals surface area (Å²) >= 11 is 0. The second kappa shape index (κ2) is 14.3. The molecule has 1 aliphatic rings. The van der Waals surface area contributed by atoms with Gasteiger partial charge in [0.2, 0.25) is 0 Å². The molecule has 1 aliphatic heterocycles. The Labute approximate surface area is 299 Å². The smallest absolute Gasteiger partial charge is 0.131 e. The van der Waals surface area contributed by atoms with Gasteiger partial charge in [0.25, 0.3) is 0 Å². The van der Waals surface area contributed by atoms with E-state index in [4.69, 9.17) is 10.7 Å². The molecule has 1 atom stereocenters. The van der Waals surface area contributed by atoms with Gasteiger partial charge in [0.1, 0.15) is 5.84 Å². The Bertz CT molecular complexity index is 2450. The van der Waals surface area contributed by atoms with Crippen molar-refractivity contribution in [2.75, 3.05) is 6.54 Å². The van der Waals surface area contributed by atoms with Gasteiger partial charge in [0, 0.05) is 24.2 Å². The average molecular weight is 658 g/mol. The van der Waals surface area contributed by atoms with Crippen LogP contribution in [0.5, 0.6) is 0 Å². The molecule has 0 saturated heterocycles. The first-order valence-corrected chi connectivity index (χ1v) is 17.6. The molecule has 51 heavy (non-hydrogen) atoms. The average Bonchev–Trinajstić information content (AvgIpc) is 3.20. The molecule has 2 N–H and O–H groups in total. The fourth-order valence-corrected chi connectivity index (χ4v) is 7.00. The molecule has 246 valence electrons. The van der Waals surface area contributed by atoms with Crippen molar-refractivity contribution < 1.29 is 0 Å². The third kappa shape index (κ3) is 6.79. The van der Waals surface area contributed by atoms with Crippen LogP contribution in [0.1, 0.15) is 41.5 Å². The molecule has 0 aromatic heterocycles. The summed E-state index contributed by atoms with van der Waals surface area (Å²) in [5, 5.41) is 4.97. The molecule has 0 amide bonds. The molecular weight excluding hydrogens is 619 g/mol. The van der Waals surface area contributed by atoms with Gasteiger partial charge in [-0.15, -0.1) is 0 Å². The van der Waals surface area contributed by atoms with Crippen LogP contribution in [0, 0.1) is 0 Å². The molecule has 8 rings (SSSR count). The van der Waals surface area contributed by atoms with Crippen molar-refractivity contribution >= 4 is 44.9 Å². The van der Waals surface area contributed by atoms with Gasteiger partial charge in [-0.2, -0.15) is 0 Å². The standard InChI is InChI=1S/C48H39N3/c1-33(34-18-22-38(23-19-34)45-16-6-11-36-9-2-4-14-43(36)45)31-47(40-26-20-35(21-27-40)42-13-8-30-50-32-42)51-48(49)41-28-24-39(25-29-41)46-17-7-12-37-10-3-5-15-44(37)46/h2-7,9-29,31-33H,8,30H2,1H3,(H2,49,51)/b47-31-. The molecule has 7 aromatic rings. The van der Waals surface area contributed by atoms with Crippen molar-refractivity contribution in [1.82, 2.24) is 0 Å². The first-order valence-electron chi connectivity index (χ1n) is 17.6. The number of hydrogen-bond acceptors (Lipinski definition) is 2. The highest BCUT2D eigenvalue weighted by Crippen LogP contribution is 2.32. The first-order chi connectivity index (χ1) is 25.1. The van der Waals surface area contributed by atoms with Gasteiger partial charge >= 0.3 is 0 Å². The van der Waals surface area contributed by atoms with Crippen molar-refractivity contribution in [1.29, 1.82) is 0 Å². The Balaban J connectivity index is 1.12. The third-order valence-electron chi connectivity index (χ3n) is 9.83. The molecule has 0 saturated carbocycles. The summed E-state index contributed by atoms with van der Waals surface area (Å²) in [6.07, 6.45) is 7.41. The highest BCUT2D eigenvalue weighted by atomic mass is 14.9. The summed E-state index contributed by atoms with van der Waals surface area (Å²) in [6, 6.07) is 55.9. The molecule has 0 radical (unpaired) electrons. The number of dihydropyridines is 1. The lowest BCUT2D eigenvalue weighted by atomic mass is 9.93. The molecule has 1 unspecified atom stereocenters. The number of nitrogens with two attached hydrogens (primary N) is 1. The zero-order chi connectivity index (χ0) is 34.6. The SMILES string of the molecule is CC(/C=C(\N=C(/N)c1ccc(-c2cccc3ccccc23)cc1)c1ccc(C2=CCCN=C2)cc1)c1ccc(-c2cccc3ccccc23)cc1. The minimum Gasteiger partial charge on any atom is -0.383 e. The van der Waals surface area contributed by atoms with Gasteiger partial charge in [-0.1, -0.05) is 177 Å². The summed E-state index contributed by atoms with van der Waals surface area (Å²) in [5.74, 6) is 0.579. The van der Waals surface area contributed by atoms with Crippen LogP contribution >= 0.6 is 0 Å². The fraction of sp³-hybridized carbons (Fsp3) is 0.0833. The summed E-state index contributed by atoms with van der Waals surface area (Å²) < 4.78 is 0. The van der Waals surface area contributed by atoms with E-state index in [2.05, 4.69) is 182 Å². The third-order valence-corrected chi connectivity index (χ3v) is 9.83. The second-order valence-corrected chi connectivity index (χ2v) is 13.2. The van der Waals surface area contributed by atoms with E-state index < -0.39 is 0 Å². The molecular formula is C48H39N3. The molecule has 0 spiro atoms. The zero-order valence-corrected chi connectivity index (χ0v) is 28.7. The normalized spacial score (nSPS) is 14.1. The number of fused-ring (bicyclic) bond motifs is 2. The maximum atomic E-state index is 6.79. The topological polar surface area (TPSA) is 50.7 Å². The van der Waals surface area contributed by atoms with Crippen LogP contribution in [0.4, 0.5) is 0 Å². The lowest BCUT2D eigenvalue weighted by molar-refractivity contribution is 0.967. The number of aliphatic imine (C=N–C) groups is 2. The lowest BCUT2D eigenvalue weighted by Gasteiger charge is -2.14. The number of amidine groups is 1.